The molecule has 0 saturated carbocycles. The van der Waals surface area contributed by atoms with E-state index in [0.29, 0.717) is 24.6 Å². The lowest BCUT2D eigenvalue weighted by molar-refractivity contribution is -0.137. The monoisotopic (exact) mass is 340 g/mol. The van der Waals surface area contributed by atoms with E-state index in [-0.39, 0.29) is 6.04 Å². The number of benzene rings is 1. The lowest BCUT2D eigenvalue weighted by Gasteiger charge is -2.30. The van der Waals surface area contributed by atoms with Gasteiger partial charge in [-0.25, -0.2) is 17.5 Å². The van der Waals surface area contributed by atoms with Crippen LogP contribution in [0.4, 0.5) is 17.6 Å². The minimum Gasteiger partial charge on any atom is -0.313 e. The quantitative estimate of drug-likeness (QED) is 0.830. The van der Waals surface area contributed by atoms with E-state index in [0.717, 1.165) is 13.0 Å². The van der Waals surface area contributed by atoms with Crippen molar-refractivity contribution in [2.45, 2.75) is 42.9 Å². The number of rotatable bonds is 3. The van der Waals surface area contributed by atoms with Crippen LogP contribution in [-0.4, -0.2) is 27.0 Å². The van der Waals surface area contributed by atoms with Crippen molar-refractivity contribution >= 4 is 10.0 Å². The Balaban J connectivity index is 2.32. The van der Waals surface area contributed by atoms with Crippen LogP contribution in [0.5, 0.6) is 0 Å². The Hall–Kier alpha value is -1.19. The number of sulfonamides is 1. The van der Waals surface area contributed by atoms with Crippen LogP contribution in [0.1, 0.15) is 25.3 Å². The van der Waals surface area contributed by atoms with Gasteiger partial charge in [-0.15, -0.1) is 0 Å². The van der Waals surface area contributed by atoms with Crippen molar-refractivity contribution in [3.05, 3.63) is 29.6 Å². The zero-order valence-corrected chi connectivity index (χ0v) is 12.6. The number of nitrogens with one attached hydrogen (secondary N) is 2. The third-order valence-electron chi connectivity index (χ3n) is 3.62. The summed E-state index contributed by atoms with van der Waals surface area (Å²) in [5.74, 6) is -1.21. The summed E-state index contributed by atoms with van der Waals surface area (Å²) in [5.41, 5.74) is -1.20. The molecule has 0 bridgehead atoms. The highest BCUT2D eigenvalue weighted by Crippen LogP contribution is 2.31. The summed E-state index contributed by atoms with van der Waals surface area (Å²) in [6, 6.07) is 0.669. The van der Waals surface area contributed by atoms with Gasteiger partial charge in [0.25, 0.3) is 0 Å². The summed E-state index contributed by atoms with van der Waals surface area (Å²) < 4.78 is 78.4. The van der Waals surface area contributed by atoms with Gasteiger partial charge in [-0.3, -0.25) is 0 Å². The SMILES string of the molecule is CC1NCCCC1NS(=O)(=O)c1cc(C(F)(F)F)ccc1F. The van der Waals surface area contributed by atoms with Gasteiger partial charge >= 0.3 is 6.18 Å². The molecule has 1 aromatic carbocycles. The Morgan fingerprint density at radius 1 is 1.32 bits per heavy atom. The van der Waals surface area contributed by atoms with E-state index in [9.17, 15) is 26.0 Å². The lowest BCUT2D eigenvalue weighted by Crippen LogP contribution is -2.51. The fourth-order valence-electron chi connectivity index (χ4n) is 2.35. The maximum absolute atomic E-state index is 13.7. The topological polar surface area (TPSA) is 58.2 Å². The average molecular weight is 340 g/mol. The van der Waals surface area contributed by atoms with Crippen molar-refractivity contribution in [3.8, 4) is 0 Å². The molecule has 1 saturated heterocycles. The second kappa shape index (κ2) is 6.13. The molecule has 9 heteroatoms. The van der Waals surface area contributed by atoms with Gasteiger partial charge in [0.05, 0.1) is 5.56 Å². The summed E-state index contributed by atoms with van der Waals surface area (Å²) in [5, 5.41) is 3.06. The first-order valence-electron chi connectivity index (χ1n) is 6.74. The smallest absolute Gasteiger partial charge is 0.313 e. The molecule has 1 heterocycles. The Labute approximate surface area is 126 Å². The fraction of sp³-hybridized carbons (Fsp3) is 0.538. The molecule has 0 spiro atoms. The van der Waals surface area contributed by atoms with Crippen molar-refractivity contribution < 1.29 is 26.0 Å². The summed E-state index contributed by atoms with van der Waals surface area (Å²) in [6.07, 6.45) is -3.48. The van der Waals surface area contributed by atoms with Gasteiger partial charge in [0.1, 0.15) is 10.7 Å². The highest BCUT2D eigenvalue weighted by Gasteiger charge is 2.34. The zero-order valence-electron chi connectivity index (χ0n) is 11.7. The molecular formula is C13H16F4N2O2S. The van der Waals surface area contributed by atoms with Crippen LogP contribution in [0.2, 0.25) is 0 Å². The van der Waals surface area contributed by atoms with Gasteiger partial charge in [-0.2, -0.15) is 13.2 Å². The summed E-state index contributed by atoms with van der Waals surface area (Å²) in [7, 11) is -4.37. The third-order valence-corrected chi connectivity index (χ3v) is 5.12. The molecule has 124 valence electrons. The van der Waals surface area contributed by atoms with Gasteiger partial charge in [-0.1, -0.05) is 0 Å². The van der Waals surface area contributed by atoms with Crippen LogP contribution in [0.15, 0.2) is 23.1 Å². The van der Waals surface area contributed by atoms with E-state index in [1.54, 1.807) is 6.92 Å². The number of halogens is 4. The number of hydrogen-bond donors (Lipinski definition) is 2. The first-order valence-corrected chi connectivity index (χ1v) is 8.22. The Morgan fingerprint density at radius 2 is 2.00 bits per heavy atom. The molecule has 0 amide bonds. The number of hydrogen-bond acceptors (Lipinski definition) is 3. The maximum Gasteiger partial charge on any atom is 0.416 e. The molecule has 1 aliphatic rings. The van der Waals surface area contributed by atoms with Crippen molar-refractivity contribution in [2.24, 2.45) is 0 Å². The zero-order chi connectivity index (χ0) is 16.5. The van der Waals surface area contributed by atoms with Crippen LogP contribution in [0, 0.1) is 5.82 Å². The first-order chi connectivity index (χ1) is 10.1. The maximum atomic E-state index is 13.7. The van der Waals surface area contributed by atoms with Gasteiger partial charge in [0.2, 0.25) is 10.0 Å². The van der Waals surface area contributed by atoms with Crippen molar-refractivity contribution in [1.29, 1.82) is 0 Å². The molecule has 1 aliphatic heterocycles. The predicted molar refractivity (Wildman–Crippen MR) is 72.2 cm³/mol. The Bertz CT molecular complexity index is 646. The van der Waals surface area contributed by atoms with Crippen LogP contribution in [-0.2, 0) is 16.2 Å². The van der Waals surface area contributed by atoms with E-state index < -0.39 is 38.5 Å². The summed E-state index contributed by atoms with van der Waals surface area (Å²) in [6.45, 7) is 2.49. The van der Waals surface area contributed by atoms with Crippen LogP contribution in [0.3, 0.4) is 0 Å². The minimum atomic E-state index is -4.74. The third kappa shape index (κ3) is 3.76. The van der Waals surface area contributed by atoms with Crippen LogP contribution in [0.25, 0.3) is 0 Å². The van der Waals surface area contributed by atoms with Gasteiger partial charge in [0, 0.05) is 12.1 Å². The van der Waals surface area contributed by atoms with Gasteiger partial charge < -0.3 is 5.32 Å². The predicted octanol–water partition coefficient (Wildman–Crippen LogP) is 2.26. The number of alkyl halides is 3. The Morgan fingerprint density at radius 3 is 2.59 bits per heavy atom. The molecule has 1 aromatic rings. The molecule has 22 heavy (non-hydrogen) atoms. The van der Waals surface area contributed by atoms with Gasteiger partial charge in [0.15, 0.2) is 0 Å². The van der Waals surface area contributed by atoms with E-state index in [1.165, 1.54) is 0 Å². The molecule has 4 nitrogen and oxygen atoms in total. The largest absolute Gasteiger partial charge is 0.416 e. The highest BCUT2D eigenvalue weighted by atomic mass is 32.2. The Kier molecular flexibility index (Phi) is 4.78. The van der Waals surface area contributed by atoms with E-state index in [1.807, 2.05) is 0 Å². The molecule has 2 N–H and O–H groups in total. The molecule has 2 unspecified atom stereocenters. The van der Waals surface area contributed by atoms with E-state index in [4.69, 9.17) is 0 Å². The average Bonchev–Trinajstić information content (AvgIpc) is 2.40. The first kappa shape index (κ1) is 17.2. The molecule has 2 atom stereocenters. The molecule has 0 aromatic heterocycles. The molecule has 1 fully saturated rings. The summed E-state index contributed by atoms with van der Waals surface area (Å²) in [4.78, 5) is -0.986. The second-order valence-electron chi connectivity index (χ2n) is 5.26. The normalized spacial score (nSPS) is 23.5. The van der Waals surface area contributed by atoms with E-state index in [2.05, 4.69) is 10.0 Å². The van der Waals surface area contributed by atoms with Crippen LogP contribution < -0.4 is 10.0 Å². The van der Waals surface area contributed by atoms with Crippen LogP contribution >= 0.6 is 0 Å². The van der Waals surface area contributed by atoms with Crippen molar-refractivity contribution in [2.75, 3.05) is 6.54 Å². The standard InChI is InChI=1S/C13H16F4N2O2S/c1-8-11(3-2-6-18-8)19-22(20,21)12-7-9(13(15,16)17)4-5-10(12)14/h4-5,7-8,11,18-19H,2-3,6H2,1H3. The summed E-state index contributed by atoms with van der Waals surface area (Å²) >= 11 is 0. The van der Waals surface area contributed by atoms with Crippen molar-refractivity contribution in [3.63, 3.8) is 0 Å². The van der Waals surface area contributed by atoms with Gasteiger partial charge in [-0.05, 0) is 44.5 Å². The molecule has 0 aliphatic carbocycles. The molecule has 0 radical (unpaired) electrons. The minimum absolute atomic E-state index is 0.183. The highest BCUT2D eigenvalue weighted by molar-refractivity contribution is 7.89. The lowest BCUT2D eigenvalue weighted by atomic mass is 10.0. The van der Waals surface area contributed by atoms with Crippen molar-refractivity contribution in [1.82, 2.24) is 10.0 Å². The molecular weight excluding hydrogens is 324 g/mol. The molecule has 2 rings (SSSR count). The van der Waals surface area contributed by atoms with E-state index >= 15 is 0 Å². The second-order valence-corrected chi connectivity index (χ2v) is 6.94. The number of piperidine rings is 1. The fourth-order valence-corrected chi connectivity index (χ4v) is 3.81.